The Bertz CT molecular complexity index is 765. The molecule has 2 aromatic rings. The fourth-order valence-corrected chi connectivity index (χ4v) is 2.25. The van der Waals surface area contributed by atoms with Crippen LogP contribution in [0.4, 0.5) is 13.2 Å². The van der Waals surface area contributed by atoms with Gasteiger partial charge in [-0.15, -0.1) is 0 Å². The quantitative estimate of drug-likeness (QED) is 0.751. The number of aromatic amines is 1. The van der Waals surface area contributed by atoms with Gasteiger partial charge in [0.05, 0.1) is 23.4 Å². The minimum Gasteiger partial charge on any atom is -0.493 e. The number of carbonyl (C=O) groups is 1. The summed E-state index contributed by atoms with van der Waals surface area (Å²) >= 11 is 4.98. The molecule has 5 nitrogen and oxygen atoms in total. The lowest BCUT2D eigenvalue weighted by Gasteiger charge is -2.10. The number of aromatic nitrogens is 2. The summed E-state index contributed by atoms with van der Waals surface area (Å²) in [7, 11) is 0. The summed E-state index contributed by atoms with van der Waals surface area (Å²) in [5.41, 5.74) is -0.681. The highest BCUT2D eigenvalue weighted by atomic mass is 32.1. The van der Waals surface area contributed by atoms with Gasteiger partial charge in [-0.25, -0.2) is 0 Å². The Balaban J connectivity index is 2.45. The molecule has 0 aliphatic heterocycles. The summed E-state index contributed by atoms with van der Waals surface area (Å²) in [4.78, 5) is 13.2. The zero-order valence-corrected chi connectivity index (χ0v) is 11.8. The number of aliphatic carboxylic acids is 1. The smallest absolute Gasteiger partial charge is 0.416 e. The first-order valence-electron chi connectivity index (χ1n) is 6.12. The number of imidazole rings is 1. The van der Waals surface area contributed by atoms with Crippen molar-refractivity contribution in [3.8, 4) is 11.6 Å². The molecule has 118 valence electrons. The van der Waals surface area contributed by atoms with Gasteiger partial charge >= 0.3 is 12.1 Å². The zero-order chi connectivity index (χ0) is 16.5. The molecule has 3 N–H and O–H groups in total. The Labute approximate surface area is 127 Å². The van der Waals surface area contributed by atoms with Crippen molar-refractivity contribution in [2.75, 3.05) is 0 Å². The largest absolute Gasteiger partial charge is 0.493 e. The van der Waals surface area contributed by atoms with Crippen LogP contribution in [0.1, 0.15) is 17.7 Å². The predicted molar refractivity (Wildman–Crippen MR) is 73.6 cm³/mol. The van der Waals surface area contributed by atoms with Gasteiger partial charge < -0.3 is 15.2 Å². The molecular weight excluding hydrogens is 321 g/mol. The van der Waals surface area contributed by atoms with Crippen molar-refractivity contribution >= 4 is 18.2 Å². The molecule has 2 rings (SSSR count). The average Bonchev–Trinajstić information content (AvgIpc) is 2.70. The van der Waals surface area contributed by atoms with Gasteiger partial charge in [-0.05, 0) is 30.4 Å². The van der Waals surface area contributed by atoms with Gasteiger partial charge in [0.1, 0.15) is 0 Å². The summed E-state index contributed by atoms with van der Waals surface area (Å²) in [5.74, 6) is -1.46. The topological polar surface area (TPSA) is 78.2 Å². The number of halogens is 3. The van der Waals surface area contributed by atoms with Crippen LogP contribution in [0.15, 0.2) is 24.3 Å². The summed E-state index contributed by atoms with van der Waals surface area (Å²) in [6.07, 6.45) is -4.78. The van der Waals surface area contributed by atoms with Crippen LogP contribution in [-0.4, -0.2) is 25.7 Å². The molecule has 0 saturated heterocycles. The van der Waals surface area contributed by atoms with E-state index in [0.29, 0.717) is 0 Å². The second kappa shape index (κ2) is 5.84. The maximum Gasteiger partial charge on any atom is 0.416 e. The summed E-state index contributed by atoms with van der Waals surface area (Å²) < 4.78 is 39.2. The number of carboxylic acid groups (broad SMARTS) is 1. The minimum atomic E-state index is -4.52. The standard InChI is InChI=1S/C13H11F3N2O3S/c14-13(15,16)7-2-1-3-8(6-7)18-11(21)9(17-12(18)22)4-5-10(19)20/h1-3,6,21H,4-5H2,(H,17,22)(H,19,20). The first-order chi connectivity index (χ1) is 10.2. The van der Waals surface area contributed by atoms with Crippen molar-refractivity contribution in [1.29, 1.82) is 0 Å². The van der Waals surface area contributed by atoms with Gasteiger partial charge in [0.15, 0.2) is 4.77 Å². The Hall–Kier alpha value is -2.29. The molecule has 0 radical (unpaired) electrons. The molecule has 9 heteroatoms. The normalized spacial score (nSPS) is 11.6. The first kappa shape index (κ1) is 16.1. The third-order valence-corrected chi connectivity index (χ3v) is 3.25. The van der Waals surface area contributed by atoms with Crippen LogP contribution >= 0.6 is 12.2 Å². The van der Waals surface area contributed by atoms with Gasteiger partial charge in [0.2, 0.25) is 5.88 Å². The van der Waals surface area contributed by atoms with E-state index in [2.05, 4.69) is 4.98 Å². The van der Waals surface area contributed by atoms with Crippen LogP contribution in [0.5, 0.6) is 5.88 Å². The third kappa shape index (κ3) is 3.30. The van der Waals surface area contributed by atoms with E-state index in [1.807, 2.05) is 0 Å². The number of rotatable bonds is 4. The zero-order valence-electron chi connectivity index (χ0n) is 11.0. The second-order valence-corrected chi connectivity index (χ2v) is 4.90. The van der Waals surface area contributed by atoms with Crippen LogP contribution < -0.4 is 0 Å². The number of aromatic hydroxyl groups is 1. The maximum atomic E-state index is 12.7. The van der Waals surface area contributed by atoms with Crippen molar-refractivity contribution in [3.05, 3.63) is 40.3 Å². The van der Waals surface area contributed by atoms with E-state index in [0.717, 1.165) is 16.7 Å². The highest BCUT2D eigenvalue weighted by Crippen LogP contribution is 2.32. The Morgan fingerprint density at radius 1 is 1.36 bits per heavy atom. The fraction of sp³-hybridized carbons (Fsp3) is 0.231. The molecule has 0 spiro atoms. The summed E-state index contributed by atoms with van der Waals surface area (Å²) in [6, 6.07) is 4.31. The highest BCUT2D eigenvalue weighted by Gasteiger charge is 2.30. The van der Waals surface area contributed by atoms with Gasteiger partial charge in [-0.2, -0.15) is 13.2 Å². The number of hydrogen-bond acceptors (Lipinski definition) is 3. The molecule has 0 unspecified atom stereocenters. The third-order valence-electron chi connectivity index (χ3n) is 2.96. The van der Waals surface area contributed by atoms with E-state index in [-0.39, 0.29) is 29.0 Å². The molecule has 1 aromatic heterocycles. The van der Waals surface area contributed by atoms with Crippen molar-refractivity contribution in [3.63, 3.8) is 0 Å². The van der Waals surface area contributed by atoms with Crippen LogP contribution in [-0.2, 0) is 17.4 Å². The predicted octanol–water partition coefficient (Wildman–Crippen LogP) is 3.28. The van der Waals surface area contributed by atoms with E-state index in [1.165, 1.54) is 12.1 Å². The molecule has 0 amide bonds. The van der Waals surface area contributed by atoms with E-state index in [1.54, 1.807) is 0 Å². The monoisotopic (exact) mass is 332 g/mol. The van der Waals surface area contributed by atoms with Gasteiger partial charge in [-0.3, -0.25) is 9.36 Å². The molecule has 0 atom stereocenters. The molecule has 1 heterocycles. The molecule has 0 bridgehead atoms. The number of hydrogen-bond donors (Lipinski definition) is 3. The number of alkyl halides is 3. The molecule has 22 heavy (non-hydrogen) atoms. The molecule has 1 aromatic carbocycles. The number of aryl methyl sites for hydroxylation is 1. The van der Waals surface area contributed by atoms with Crippen molar-refractivity contribution < 1.29 is 28.2 Å². The lowest BCUT2D eigenvalue weighted by atomic mass is 10.2. The van der Waals surface area contributed by atoms with Crippen LogP contribution in [0.2, 0.25) is 0 Å². The highest BCUT2D eigenvalue weighted by molar-refractivity contribution is 7.71. The molecular formula is C13H11F3N2O3S. The lowest BCUT2D eigenvalue weighted by Crippen LogP contribution is -2.06. The number of H-pyrrole nitrogens is 1. The number of benzene rings is 1. The molecule has 0 aliphatic rings. The Morgan fingerprint density at radius 3 is 2.64 bits per heavy atom. The number of carboxylic acids is 1. The van der Waals surface area contributed by atoms with Crippen LogP contribution in [0, 0.1) is 4.77 Å². The molecule has 0 fully saturated rings. The molecule has 0 saturated carbocycles. The fourth-order valence-electron chi connectivity index (χ4n) is 1.94. The molecule has 0 aliphatic carbocycles. The minimum absolute atomic E-state index is 0.0165. The number of nitrogens with zero attached hydrogens (tertiary/aromatic N) is 1. The second-order valence-electron chi connectivity index (χ2n) is 4.51. The van der Waals surface area contributed by atoms with Gasteiger partial charge in [0, 0.05) is 6.42 Å². The Kier molecular flexibility index (Phi) is 4.27. The first-order valence-corrected chi connectivity index (χ1v) is 6.53. The van der Waals surface area contributed by atoms with Gasteiger partial charge in [-0.1, -0.05) is 6.07 Å². The van der Waals surface area contributed by atoms with E-state index < -0.39 is 23.6 Å². The van der Waals surface area contributed by atoms with Crippen LogP contribution in [0.25, 0.3) is 5.69 Å². The van der Waals surface area contributed by atoms with Crippen molar-refractivity contribution in [2.45, 2.75) is 19.0 Å². The Morgan fingerprint density at radius 2 is 2.05 bits per heavy atom. The lowest BCUT2D eigenvalue weighted by molar-refractivity contribution is -0.138. The van der Waals surface area contributed by atoms with E-state index in [9.17, 15) is 23.1 Å². The SMILES string of the molecule is O=C(O)CCc1[nH]c(=S)n(-c2cccc(C(F)(F)F)c2)c1O. The van der Waals surface area contributed by atoms with Crippen molar-refractivity contribution in [1.82, 2.24) is 9.55 Å². The van der Waals surface area contributed by atoms with Crippen molar-refractivity contribution in [2.24, 2.45) is 0 Å². The summed E-state index contributed by atoms with van der Waals surface area (Å²) in [6.45, 7) is 0. The van der Waals surface area contributed by atoms with E-state index in [4.69, 9.17) is 17.3 Å². The maximum absolute atomic E-state index is 12.7. The average molecular weight is 332 g/mol. The van der Waals surface area contributed by atoms with E-state index >= 15 is 0 Å². The van der Waals surface area contributed by atoms with Crippen LogP contribution in [0.3, 0.4) is 0 Å². The summed E-state index contributed by atoms with van der Waals surface area (Å²) in [5, 5.41) is 18.7. The van der Waals surface area contributed by atoms with Gasteiger partial charge in [0.25, 0.3) is 0 Å². The number of nitrogens with one attached hydrogen (secondary N) is 1.